The fraction of sp³-hybridized carbons (Fsp3) is 1.00. The second kappa shape index (κ2) is 6.44. The molecule has 2 rings (SSSR count). The van der Waals surface area contributed by atoms with Crippen LogP contribution in [-0.4, -0.2) is 47.1 Å². The monoisotopic (exact) mass is 256 g/mol. The van der Waals surface area contributed by atoms with Crippen LogP contribution in [0, 0.1) is 0 Å². The van der Waals surface area contributed by atoms with Gasteiger partial charge in [-0.3, -0.25) is 4.90 Å². The first-order valence-electron chi connectivity index (χ1n) is 7.30. The molecule has 17 heavy (non-hydrogen) atoms. The molecule has 0 aromatic rings. The average Bonchev–Trinajstić information content (AvgIpc) is 2.89. The lowest BCUT2D eigenvalue weighted by molar-refractivity contribution is 0.265. The van der Waals surface area contributed by atoms with E-state index in [9.17, 15) is 0 Å². The molecule has 0 spiro atoms. The lowest BCUT2D eigenvalue weighted by Crippen LogP contribution is -2.40. The Labute approximate surface area is 111 Å². The maximum absolute atomic E-state index is 3.90. The van der Waals surface area contributed by atoms with Crippen molar-refractivity contribution in [3.63, 3.8) is 0 Å². The van der Waals surface area contributed by atoms with E-state index in [1.807, 2.05) is 0 Å². The molecule has 0 amide bonds. The number of rotatable bonds is 5. The summed E-state index contributed by atoms with van der Waals surface area (Å²) < 4.78 is 0. The van der Waals surface area contributed by atoms with E-state index < -0.39 is 0 Å². The smallest absolute Gasteiger partial charge is 0.0209 e. The van der Waals surface area contributed by atoms with Gasteiger partial charge in [0, 0.05) is 29.9 Å². The maximum atomic E-state index is 3.90. The van der Waals surface area contributed by atoms with Gasteiger partial charge >= 0.3 is 0 Å². The Morgan fingerprint density at radius 3 is 2.71 bits per heavy atom. The fourth-order valence-electron chi connectivity index (χ4n) is 3.20. The molecule has 0 radical (unpaired) electrons. The number of hydrogen-bond acceptors (Lipinski definition) is 3. The van der Waals surface area contributed by atoms with E-state index in [0.717, 1.165) is 17.3 Å². The van der Waals surface area contributed by atoms with Crippen LogP contribution in [-0.2, 0) is 0 Å². The molecule has 0 aromatic carbocycles. The molecule has 1 saturated heterocycles. The van der Waals surface area contributed by atoms with Crippen LogP contribution in [0.15, 0.2) is 0 Å². The molecular formula is C14H28N2S. The molecule has 2 aliphatic rings. The van der Waals surface area contributed by atoms with E-state index >= 15 is 0 Å². The Kier molecular flexibility index (Phi) is 5.19. The maximum Gasteiger partial charge on any atom is 0.0209 e. The summed E-state index contributed by atoms with van der Waals surface area (Å²) >= 11 is 2.16. The Bertz CT molecular complexity index is 232. The van der Waals surface area contributed by atoms with Gasteiger partial charge in [-0.25, -0.2) is 0 Å². The third-order valence-electron chi connectivity index (χ3n) is 4.21. The van der Waals surface area contributed by atoms with Crippen molar-refractivity contribution in [1.82, 2.24) is 10.2 Å². The molecule has 1 heterocycles. The zero-order chi connectivity index (χ0) is 12.3. The van der Waals surface area contributed by atoms with Crippen molar-refractivity contribution in [2.75, 3.05) is 18.8 Å². The highest BCUT2D eigenvalue weighted by atomic mass is 32.2. The fourth-order valence-corrected chi connectivity index (χ4v) is 4.35. The van der Waals surface area contributed by atoms with Gasteiger partial charge in [0.15, 0.2) is 0 Å². The van der Waals surface area contributed by atoms with Gasteiger partial charge < -0.3 is 5.32 Å². The Morgan fingerprint density at radius 2 is 2.06 bits per heavy atom. The second-order valence-electron chi connectivity index (χ2n) is 5.83. The van der Waals surface area contributed by atoms with Gasteiger partial charge in [0.2, 0.25) is 0 Å². The van der Waals surface area contributed by atoms with Crippen molar-refractivity contribution in [3.05, 3.63) is 0 Å². The van der Waals surface area contributed by atoms with Crippen molar-refractivity contribution in [2.45, 2.75) is 69.8 Å². The third-order valence-corrected chi connectivity index (χ3v) is 5.44. The Balaban J connectivity index is 1.69. The van der Waals surface area contributed by atoms with Crippen LogP contribution in [0.5, 0.6) is 0 Å². The minimum absolute atomic E-state index is 0.716. The second-order valence-corrected chi connectivity index (χ2v) is 7.41. The van der Waals surface area contributed by atoms with Crippen LogP contribution >= 0.6 is 11.8 Å². The van der Waals surface area contributed by atoms with Crippen LogP contribution in [0.4, 0.5) is 0 Å². The topological polar surface area (TPSA) is 15.3 Å². The molecule has 2 fully saturated rings. The van der Waals surface area contributed by atoms with Gasteiger partial charge in [0.05, 0.1) is 0 Å². The first-order chi connectivity index (χ1) is 8.19. The lowest BCUT2D eigenvalue weighted by atomic mass is 10.2. The quantitative estimate of drug-likeness (QED) is 0.814. The normalized spacial score (nSPS) is 34.9. The van der Waals surface area contributed by atoms with E-state index in [1.165, 1.54) is 44.5 Å². The van der Waals surface area contributed by atoms with Crippen LogP contribution in [0.3, 0.4) is 0 Å². The van der Waals surface area contributed by atoms with Crippen LogP contribution in [0.1, 0.15) is 46.5 Å². The number of likely N-dealkylation sites (tertiary alicyclic amines) is 1. The third kappa shape index (κ3) is 3.87. The van der Waals surface area contributed by atoms with Gasteiger partial charge in [-0.05, 0) is 51.8 Å². The zero-order valence-corrected chi connectivity index (χ0v) is 12.4. The minimum Gasteiger partial charge on any atom is -0.310 e. The first-order valence-corrected chi connectivity index (χ1v) is 8.35. The van der Waals surface area contributed by atoms with Crippen molar-refractivity contribution in [1.29, 1.82) is 0 Å². The van der Waals surface area contributed by atoms with Crippen molar-refractivity contribution < 1.29 is 0 Å². The molecule has 1 aliphatic heterocycles. The summed E-state index contributed by atoms with van der Waals surface area (Å²) in [6.45, 7) is 9.45. The minimum atomic E-state index is 0.716. The molecule has 3 heteroatoms. The van der Waals surface area contributed by atoms with Gasteiger partial charge in [-0.2, -0.15) is 11.8 Å². The predicted octanol–water partition coefficient (Wildman–Crippen LogP) is 2.73. The largest absolute Gasteiger partial charge is 0.310 e. The van der Waals surface area contributed by atoms with Gasteiger partial charge in [-0.1, -0.05) is 6.92 Å². The van der Waals surface area contributed by atoms with E-state index in [-0.39, 0.29) is 0 Å². The van der Waals surface area contributed by atoms with Gasteiger partial charge in [0.1, 0.15) is 0 Å². The summed E-state index contributed by atoms with van der Waals surface area (Å²) in [7, 11) is 0. The van der Waals surface area contributed by atoms with Crippen molar-refractivity contribution in [3.8, 4) is 0 Å². The highest BCUT2D eigenvalue weighted by Crippen LogP contribution is 2.30. The van der Waals surface area contributed by atoms with Crippen molar-refractivity contribution >= 4 is 11.8 Å². The number of hydrogen-bond donors (Lipinski definition) is 1. The molecule has 2 nitrogen and oxygen atoms in total. The highest BCUT2D eigenvalue weighted by molar-refractivity contribution is 7.99. The van der Waals surface area contributed by atoms with Gasteiger partial charge in [-0.15, -0.1) is 0 Å². The highest BCUT2D eigenvalue weighted by Gasteiger charge is 2.29. The van der Waals surface area contributed by atoms with Gasteiger partial charge in [0.25, 0.3) is 0 Å². The summed E-state index contributed by atoms with van der Waals surface area (Å²) in [6, 6.07) is 2.28. The van der Waals surface area contributed by atoms with Crippen molar-refractivity contribution in [2.24, 2.45) is 0 Å². The van der Waals surface area contributed by atoms with E-state index in [0.29, 0.717) is 6.04 Å². The number of thioether (sulfide) groups is 1. The summed E-state index contributed by atoms with van der Waals surface area (Å²) in [6.07, 6.45) is 5.57. The predicted molar refractivity (Wildman–Crippen MR) is 77.8 cm³/mol. The van der Waals surface area contributed by atoms with E-state index in [4.69, 9.17) is 0 Å². The molecule has 1 saturated carbocycles. The van der Waals surface area contributed by atoms with Crippen LogP contribution < -0.4 is 5.32 Å². The van der Waals surface area contributed by atoms with E-state index in [1.54, 1.807) is 0 Å². The summed E-state index contributed by atoms with van der Waals surface area (Å²) in [5.41, 5.74) is 0. The Hall–Kier alpha value is 0.270. The number of nitrogens with one attached hydrogen (secondary N) is 1. The number of nitrogens with zero attached hydrogens (tertiary/aromatic N) is 1. The molecule has 1 N–H and O–H groups in total. The molecule has 100 valence electrons. The lowest BCUT2D eigenvalue weighted by Gasteiger charge is -2.22. The Morgan fingerprint density at radius 1 is 1.24 bits per heavy atom. The molecule has 3 unspecified atom stereocenters. The molecular weight excluding hydrogens is 228 g/mol. The summed E-state index contributed by atoms with van der Waals surface area (Å²) in [5, 5.41) is 4.83. The van der Waals surface area contributed by atoms with Crippen LogP contribution in [0.25, 0.3) is 0 Å². The standard InChI is InChI=1S/C14H28N2S/c1-4-17-14-6-5-12(9-14)15-13-7-8-16(10-13)11(2)3/h11-15H,4-10H2,1-3H3. The average molecular weight is 256 g/mol. The van der Waals surface area contributed by atoms with Crippen LogP contribution in [0.2, 0.25) is 0 Å². The SMILES string of the molecule is CCSC1CCC(NC2CCN(C(C)C)C2)C1. The van der Waals surface area contributed by atoms with E-state index in [2.05, 4.69) is 42.7 Å². The zero-order valence-electron chi connectivity index (χ0n) is 11.6. The first kappa shape index (κ1) is 13.7. The summed E-state index contributed by atoms with van der Waals surface area (Å²) in [4.78, 5) is 2.60. The molecule has 0 aromatic heterocycles. The molecule has 3 atom stereocenters. The molecule has 0 bridgehead atoms. The summed E-state index contributed by atoms with van der Waals surface area (Å²) in [5.74, 6) is 1.28. The molecule has 1 aliphatic carbocycles.